The van der Waals surface area contributed by atoms with Gasteiger partial charge in [0.1, 0.15) is 23.5 Å². The minimum absolute atomic E-state index is 0.0745. The van der Waals surface area contributed by atoms with Crippen LogP contribution < -0.4 is 5.32 Å². The molecule has 7 nitrogen and oxygen atoms in total. The Morgan fingerprint density at radius 2 is 1.93 bits per heavy atom. The number of aliphatic hydroxyl groups is 2. The largest absolute Gasteiger partial charge is 0.507 e. The number of phenols is 1. The average Bonchev–Trinajstić information content (AvgIpc) is 2.65. The van der Waals surface area contributed by atoms with Crippen LogP contribution in [-0.4, -0.2) is 51.9 Å². The smallest absolute Gasteiger partial charge is 0.342 e. The van der Waals surface area contributed by atoms with E-state index in [2.05, 4.69) is 5.32 Å². The zero-order valence-electron chi connectivity index (χ0n) is 16.6. The van der Waals surface area contributed by atoms with E-state index in [-0.39, 0.29) is 17.7 Å². The first-order valence-electron chi connectivity index (χ1n) is 9.41. The molecule has 0 radical (unpaired) electrons. The molecule has 0 fully saturated rings. The maximum absolute atomic E-state index is 14.1. The van der Waals surface area contributed by atoms with E-state index in [0.717, 1.165) is 6.08 Å². The van der Waals surface area contributed by atoms with Crippen molar-refractivity contribution in [2.45, 2.75) is 45.5 Å². The molecule has 2 rings (SSSR count). The van der Waals surface area contributed by atoms with E-state index < -0.39 is 41.8 Å². The molecule has 4 atom stereocenters. The fourth-order valence-corrected chi connectivity index (χ4v) is 2.87. The van der Waals surface area contributed by atoms with E-state index in [1.807, 2.05) is 6.92 Å². The van der Waals surface area contributed by atoms with Crippen molar-refractivity contribution in [2.75, 3.05) is 11.9 Å². The molecule has 1 heterocycles. The number of ketones is 1. The van der Waals surface area contributed by atoms with Crippen LogP contribution in [0, 0.1) is 5.92 Å². The zero-order valence-corrected chi connectivity index (χ0v) is 16.6. The number of carbonyl (C=O) groups is 2. The fourth-order valence-electron chi connectivity index (χ4n) is 2.87. The topological polar surface area (TPSA) is 116 Å². The van der Waals surface area contributed by atoms with Gasteiger partial charge in [-0.15, -0.1) is 0 Å². The Morgan fingerprint density at radius 1 is 1.24 bits per heavy atom. The molecule has 1 aromatic rings. The maximum atomic E-state index is 14.1. The Hall–Kier alpha value is -2.71. The highest BCUT2D eigenvalue weighted by molar-refractivity contribution is 5.98. The Labute approximate surface area is 168 Å². The molecule has 4 N–H and O–H groups in total. The number of rotatable bonds is 2. The molecule has 0 saturated heterocycles. The molecule has 0 unspecified atom stereocenters. The van der Waals surface area contributed by atoms with E-state index in [4.69, 9.17) is 4.74 Å². The monoisotopic (exact) mass is 407 g/mol. The van der Waals surface area contributed by atoms with Gasteiger partial charge in [0, 0.05) is 24.2 Å². The van der Waals surface area contributed by atoms with Gasteiger partial charge in [0.05, 0.1) is 6.10 Å². The van der Waals surface area contributed by atoms with Crippen molar-refractivity contribution >= 4 is 23.5 Å². The standard InChI is InChI=1S/C21H26FNO6/c1-4-23-14-9-13-6-5-7-16(24)20(27)19(26)15(22)8-11(2)12(3)29-21(28)18(13)17(25)10-14/h5-6,8-12,16,20,23-25,27H,4,7H2,1-3H3/b6-5+,15-8+/t11-,12+,16+,20+/m1/s1. The number of nitrogens with one attached hydrogen (secondary N) is 1. The van der Waals surface area contributed by atoms with Crippen molar-refractivity contribution < 1.29 is 34.0 Å². The van der Waals surface area contributed by atoms with Crippen LogP contribution in [0.1, 0.15) is 43.1 Å². The first-order valence-corrected chi connectivity index (χ1v) is 9.41. The SMILES string of the molecule is CCNc1cc(O)c2c(c1)/C=C/C[C@H](O)[C@H](O)C(=O)/C(F)=C\[C@@H](C)[C@H](C)OC2=O. The minimum Gasteiger partial charge on any atom is -0.507 e. The van der Waals surface area contributed by atoms with Crippen molar-refractivity contribution in [2.24, 2.45) is 5.92 Å². The summed E-state index contributed by atoms with van der Waals surface area (Å²) in [6, 6.07) is 3.02. The molecule has 1 aromatic carbocycles. The lowest BCUT2D eigenvalue weighted by atomic mass is 9.99. The molecule has 8 heteroatoms. The molecule has 29 heavy (non-hydrogen) atoms. The average molecular weight is 407 g/mol. The summed E-state index contributed by atoms with van der Waals surface area (Å²) in [5, 5.41) is 33.4. The number of carbonyl (C=O) groups excluding carboxylic acids is 2. The molecular weight excluding hydrogens is 381 g/mol. The summed E-state index contributed by atoms with van der Waals surface area (Å²) < 4.78 is 19.5. The van der Waals surface area contributed by atoms with Gasteiger partial charge in [0.25, 0.3) is 0 Å². The van der Waals surface area contributed by atoms with E-state index in [1.165, 1.54) is 32.1 Å². The summed E-state index contributed by atoms with van der Waals surface area (Å²) in [6.07, 6.45) is -0.638. The lowest BCUT2D eigenvalue weighted by Gasteiger charge is -2.21. The summed E-state index contributed by atoms with van der Waals surface area (Å²) in [5.41, 5.74) is 0.830. The second kappa shape index (κ2) is 9.67. The second-order valence-electron chi connectivity index (χ2n) is 6.99. The van der Waals surface area contributed by atoms with Gasteiger partial charge < -0.3 is 25.4 Å². The molecule has 0 amide bonds. The van der Waals surface area contributed by atoms with Gasteiger partial charge in [0.2, 0.25) is 5.78 Å². The summed E-state index contributed by atoms with van der Waals surface area (Å²) in [4.78, 5) is 24.7. The number of hydrogen-bond acceptors (Lipinski definition) is 7. The van der Waals surface area contributed by atoms with Gasteiger partial charge in [-0.3, -0.25) is 4.79 Å². The highest BCUT2D eigenvalue weighted by Gasteiger charge is 2.29. The molecular formula is C21H26FNO6. The van der Waals surface area contributed by atoms with Gasteiger partial charge in [0.15, 0.2) is 5.83 Å². The third-order valence-electron chi connectivity index (χ3n) is 4.72. The molecule has 0 aliphatic carbocycles. The van der Waals surface area contributed by atoms with Crippen molar-refractivity contribution in [3.8, 4) is 5.75 Å². The van der Waals surface area contributed by atoms with Gasteiger partial charge in [-0.05, 0) is 38.0 Å². The highest BCUT2D eigenvalue weighted by atomic mass is 19.1. The number of Topliss-reactive ketones (excluding diaryl/α,β-unsaturated/α-hetero) is 1. The Balaban J connectivity index is 2.53. The van der Waals surface area contributed by atoms with E-state index in [0.29, 0.717) is 17.8 Å². The summed E-state index contributed by atoms with van der Waals surface area (Å²) in [7, 11) is 0. The van der Waals surface area contributed by atoms with E-state index >= 15 is 0 Å². The quantitative estimate of drug-likeness (QED) is 0.557. The first kappa shape index (κ1) is 22.6. The van der Waals surface area contributed by atoms with Crippen LogP contribution in [0.25, 0.3) is 6.08 Å². The number of aromatic hydroxyl groups is 1. The molecule has 0 saturated carbocycles. The highest BCUT2D eigenvalue weighted by Crippen LogP contribution is 2.30. The first-order chi connectivity index (χ1) is 13.6. The number of anilines is 1. The number of cyclic esters (lactones) is 1. The van der Waals surface area contributed by atoms with Gasteiger partial charge >= 0.3 is 5.97 Å². The third kappa shape index (κ3) is 5.42. The van der Waals surface area contributed by atoms with Crippen LogP contribution in [0.15, 0.2) is 30.1 Å². The second-order valence-corrected chi connectivity index (χ2v) is 6.99. The van der Waals surface area contributed by atoms with Crippen LogP contribution in [-0.2, 0) is 9.53 Å². The third-order valence-corrected chi connectivity index (χ3v) is 4.72. The Bertz CT molecular complexity index is 835. The number of ether oxygens (including phenoxy) is 1. The fraction of sp³-hybridized carbons (Fsp3) is 0.429. The van der Waals surface area contributed by atoms with Crippen LogP contribution in [0.5, 0.6) is 5.75 Å². The maximum Gasteiger partial charge on any atom is 0.342 e. The summed E-state index contributed by atoms with van der Waals surface area (Å²) in [6.45, 7) is 5.52. The number of aliphatic hydroxyl groups excluding tert-OH is 2. The van der Waals surface area contributed by atoms with Crippen molar-refractivity contribution in [3.63, 3.8) is 0 Å². The lowest BCUT2D eigenvalue weighted by molar-refractivity contribution is -0.130. The molecule has 1 aliphatic heterocycles. The molecule has 1 aliphatic rings. The number of phenolic OH excluding ortho intramolecular Hbond substituents is 1. The van der Waals surface area contributed by atoms with Crippen molar-refractivity contribution in [3.05, 3.63) is 41.2 Å². The zero-order chi connectivity index (χ0) is 21.7. The molecule has 0 spiro atoms. The summed E-state index contributed by atoms with van der Waals surface area (Å²) >= 11 is 0. The molecule has 158 valence electrons. The number of halogens is 1. The van der Waals surface area contributed by atoms with Crippen LogP contribution in [0.3, 0.4) is 0 Å². The van der Waals surface area contributed by atoms with Crippen LogP contribution >= 0.6 is 0 Å². The number of hydrogen-bond donors (Lipinski definition) is 4. The Kier molecular flexibility index (Phi) is 7.53. The van der Waals surface area contributed by atoms with E-state index in [1.54, 1.807) is 6.07 Å². The van der Waals surface area contributed by atoms with Gasteiger partial charge in [-0.25, -0.2) is 9.18 Å². The molecule has 0 aromatic heterocycles. The summed E-state index contributed by atoms with van der Waals surface area (Å²) in [5.74, 6) is -4.25. The number of esters is 1. The van der Waals surface area contributed by atoms with E-state index in [9.17, 15) is 29.3 Å². The number of fused-ring (bicyclic) bond motifs is 1. The van der Waals surface area contributed by atoms with Gasteiger partial charge in [-0.1, -0.05) is 19.1 Å². The van der Waals surface area contributed by atoms with Crippen molar-refractivity contribution in [1.29, 1.82) is 0 Å². The van der Waals surface area contributed by atoms with Crippen molar-refractivity contribution in [1.82, 2.24) is 0 Å². The predicted octanol–water partition coefficient (Wildman–Crippen LogP) is 2.57. The van der Waals surface area contributed by atoms with Crippen LogP contribution in [0.2, 0.25) is 0 Å². The number of benzene rings is 1. The lowest BCUT2D eigenvalue weighted by Crippen LogP contribution is -2.34. The minimum atomic E-state index is -1.93. The molecule has 0 bridgehead atoms. The normalized spacial score (nSPS) is 29.1. The predicted molar refractivity (Wildman–Crippen MR) is 106 cm³/mol. The Morgan fingerprint density at radius 3 is 2.59 bits per heavy atom. The van der Waals surface area contributed by atoms with Crippen LogP contribution in [0.4, 0.5) is 10.1 Å². The van der Waals surface area contributed by atoms with Gasteiger partial charge in [-0.2, -0.15) is 0 Å².